The minimum atomic E-state index is -1.13. The zero-order chi connectivity index (χ0) is 20.3. The first kappa shape index (κ1) is 19.1. The summed E-state index contributed by atoms with van der Waals surface area (Å²) >= 11 is 0. The molecule has 1 aliphatic rings. The first-order valence-electron chi connectivity index (χ1n) is 9.35. The SMILES string of the molecule is O=C(O)[C@]1(Cc2ccc(OCc3cc(-c4ccc(F)cc4)no3)cc2)CCCO1. The molecule has 0 saturated carbocycles. The fourth-order valence-corrected chi connectivity index (χ4v) is 3.41. The number of benzene rings is 2. The van der Waals surface area contributed by atoms with Crippen molar-refractivity contribution in [1.29, 1.82) is 0 Å². The van der Waals surface area contributed by atoms with E-state index in [9.17, 15) is 14.3 Å². The molecule has 1 saturated heterocycles. The Bertz CT molecular complexity index is 975. The number of carboxylic acids is 1. The summed E-state index contributed by atoms with van der Waals surface area (Å²) in [6, 6.07) is 15.0. The lowest BCUT2D eigenvalue weighted by molar-refractivity contribution is -0.159. The van der Waals surface area contributed by atoms with Crippen LogP contribution in [0.15, 0.2) is 59.1 Å². The number of nitrogens with zero attached hydrogens (tertiary/aromatic N) is 1. The summed E-state index contributed by atoms with van der Waals surface area (Å²) in [5, 5.41) is 13.5. The van der Waals surface area contributed by atoms with Crippen molar-refractivity contribution in [3.8, 4) is 17.0 Å². The van der Waals surface area contributed by atoms with E-state index in [0.29, 0.717) is 36.7 Å². The zero-order valence-corrected chi connectivity index (χ0v) is 15.6. The number of rotatable bonds is 7. The van der Waals surface area contributed by atoms with Crippen molar-refractivity contribution in [3.63, 3.8) is 0 Å². The van der Waals surface area contributed by atoms with Gasteiger partial charge in [-0.05, 0) is 54.8 Å². The zero-order valence-electron chi connectivity index (χ0n) is 15.6. The second kappa shape index (κ2) is 8.05. The highest BCUT2D eigenvalue weighted by atomic mass is 19.1. The average molecular weight is 397 g/mol. The molecule has 3 aromatic rings. The van der Waals surface area contributed by atoms with Gasteiger partial charge in [0.1, 0.15) is 23.9 Å². The first-order chi connectivity index (χ1) is 14.0. The lowest BCUT2D eigenvalue weighted by atomic mass is 9.92. The molecule has 0 bridgehead atoms. The molecule has 1 aliphatic heterocycles. The minimum absolute atomic E-state index is 0.190. The van der Waals surface area contributed by atoms with E-state index in [2.05, 4.69) is 5.16 Å². The number of halogens is 1. The molecule has 6 nitrogen and oxygen atoms in total. The third kappa shape index (κ3) is 4.30. The van der Waals surface area contributed by atoms with Crippen LogP contribution in [-0.4, -0.2) is 28.4 Å². The van der Waals surface area contributed by atoms with Gasteiger partial charge in [0.15, 0.2) is 11.4 Å². The third-order valence-corrected chi connectivity index (χ3v) is 4.99. The first-order valence-corrected chi connectivity index (χ1v) is 9.35. The summed E-state index contributed by atoms with van der Waals surface area (Å²) in [6.45, 7) is 0.667. The number of hydrogen-bond donors (Lipinski definition) is 1. The molecule has 0 spiro atoms. The number of carbonyl (C=O) groups is 1. The van der Waals surface area contributed by atoms with Crippen LogP contribution >= 0.6 is 0 Å². The van der Waals surface area contributed by atoms with E-state index < -0.39 is 11.6 Å². The fraction of sp³-hybridized carbons (Fsp3) is 0.273. The Kier molecular flexibility index (Phi) is 5.31. The molecule has 1 fully saturated rings. The van der Waals surface area contributed by atoms with Crippen LogP contribution in [0.5, 0.6) is 5.75 Å². The molecule has 7 heteroatoms. The van der Waals surface area contributed by atoms with Crippen LogP contribution < -0.4 is 4.74 Å². The highest BCUT2D eigenvalue weighted by molar-refractivity contribution is 5.78. The van der Waals surface area contributed by atoms with Gasteiger partial charge in [0.2, 0.25) is 0 Å². The molecule has 150 valence electrons. The fourth-order valence-electron chi connectivity index (χ4n) is 3.41. The maximum Gasteiger partial charge on any atom is 0.336 e. The maximum atomic E-state index is 13.0. The average Bonchev–Trinajstić information content (AvgIpc) is 3.39. The quantitative estimate of drug-likeness (QED) is 0.642. The van der Waals surface area contributed by atoms with Gasteiger partial charge in [-0.2, -0.15) is 0 Å². The van der Waals surface area contributed by atoms with Crippen LogP contribution in [0.25, 0.3) is 11.3 Å². The summed E-state index contributed by atoms with van der Waals surface area (Å²) in [5.74, 6) is -0.0570. The molecule has 0 unspecified atom stereocenters. The van der Waals surface area contributed by atoms with Gasteiger partial charge in [0, 0.05) is 24.7 Å². The molecule has 1 aromatic heterocycles. The highest BCUT2D eigenvalue weighted by Gasteiger charge is 2.42. The molecule has 29 heavy (non-hydrogen) atoms. The summed E-state index contributed by atoms with van der Waals surface area (Å²) in [4.78, 5) is 11.6. The second-order valence-corrected chi connectivity index (χ2v) is 7.05. The maximum absolute atomic E-state index is 13.0. The van der Waals surface area contributed by atoms with Gasteiger partial charge < -0.3 is 19.1 Å². The second-order valence-electron chi connectivity index (χ2n) is 7.05. The van der Waals surface area contributed by atoms with Crippen molar-refractivity contribution < 1.29 is 28.3 Å². The van der Waals surface area contributed by atoms with E-state index in [1.165, 1.54) is 12.1 Å². The Balaban J connectivity index is 1.36. The Labute approximate surface area is 166 Å². The molecule has 0 radical (unpaired) electrons. The minimum Gasteiger partial charge on any atom is -0.486 e. The number of aliphatic carboxylic acids is 1. The lowest BCUT2D eigenvalue weighted by Crippen LogP contribution is -2.40. The van der Waals surface area contributed by atoms with Crippen molar-refractivity contribution in [2.45, 2.75) is 31.5 Å². The molecule has 0 amide bonds. The summed E-state index contributed by atoms with van der Waals surface area (Å²) in [6.07, 6.45) is 1.60. The van der Waals surface area contributed by atoms with Gasteiger partial charge in [-0.3, -0.25) is 0 Å². The number of carboxylic acid groups (broad SMARTS) is 1. The monoisotopic (exact) mass is 397 g/mol. The number of ether oxygens (including phenoxy) is 2. The largest absolute Gasteiger partial charge is 0.486 e. The number of hydrogen-bond acceptors (Lipinski definition) is 5. The van der Waals surface area contributed by atoms with Gasteiger partial charge in [0.25, 0.3) is 0 Å². The molecular weight excluding hydrogens is 377 g/mol. The van der Waals surface area contributed by atoms with Crippen LogP contribution in [0.4, 0.5) is 4.39 Å². The molecule has 4 rings (SSSR count). The molecule has 2 heterocycles. The third-order valence-electron chi connectivity index (χ3n) is 4.99. The van der Waals surface area contributed by atoms with Crippen molar-refractivity contribution in [1.82, 2.24) is 5.16 Å². The van der Waals surface area contributed by atoms with Crippen LogP contribution in [0, 0.1) is 5.82 Å². The van der Waals surface area contributed by atoms with Gasteiger partial charge >= 0.3 is 5.97 Å². The van der Waals surface area contributed by atoms with E-state index in [1.807, 2.05) is 12.1 Å². The summed E-state index contributed by atoms with van der Waals surface area (Å²) < 4.78 is 29.5. The molecule has 1 atom stereocenters. The lowest BCUT2D eigenvalue weighted by Gasteiger charge is -2.23. The predicted octanol–water partition coefficient (Wildman–Crippen LogP) is 4.24. The smallest absolute Gasteiger partial charge is 0.336 e. The molecule has 0 aliphatic carbocycles. The Morgan fingerprint density at radius 2 is 1.93 bits per heavy atom. The number of aromatic nitrogens is 1. The van der Waals surface area contributed by atoms with E-state index >= 15 is 0 Å². The summed E-state index contributed by atoms with van der Waals surface area (Å²) in [7, 11) is 0. The Morgan fingerprint density at radius 1 is 1.17 bits per heavy atom. The normalized spacial score (nSPS) is 18.7. The standard InChI is InChI=1S/C22H20FNO5/c23-17-6-4-16(5-7-17)20-12-19(29-24-20)14-27-18-8-2-15(3-9-18)13-22(21(25)26)10-1-11-28-22/h2-9,12H,1,10-11,13-14H2,(H,25,26)/t22-/m1/s1. The van der Waals surface area contributed by atoms with Crippen LogP contribution in [0.3, 0.4) is 0 Å². The topological polar surface area (TPSA) is 81.8 Å². The summed E-state index contributed by atoms with van der Waals surface area (Å²) in [5.41, 5.74) is 1.11. The van der Waals surface area contributed by atoms with Crippen molar-refractivity contribution in [2.24, 2.45) is 0 Å². The molecule has 1 N–H and O–H groups in total. The Morgan fingerprint density at radius 3 is 2.59 bits per heavy atom. The van der Waals surface area contributed by atoms with E-state index in [-0.39, 0.29) is 12.4 Å². The van der Waals surface area contributed by atoms with Gasteiger partial charge in [-0.1, -0.05) is 17.3 Å². The van der Waals surface area contributed by atoms with E-state index in [4.69, 9.17) is 14.0 Å². The predicted molar refractivity (Wildman–Crippen MR) is 102 cm³/mol. The van der Waals surface area contributed by atoms with Crippen molar-refractivity contribution >= 4 is 5.97 Å². The molecule has 2 aromatic carbocycles. The van der Waals surface area contributed by atoms with Crippen LogP contribution in [0.2, 0.25) is 0 Å². The molecular formula is C22H20FNO5. The van der Waals surface area contributed by atoms with E-state index in [1.54, 1.807) is 30.3 Å². The Hall–Kier alpha value is -3.19. The van der Waals surface area contributed by atoms with Crippen molar-refractivity contribution in [2.75, 3.05) is 6.61 Å². The highest BCUT2D eigenvalue weighted by Crippen LogP contribution is 2.30. The van der Waals surface area contributed by atoms with Gasteiger partial charge in [-0.25, -0.2) is 9.18 Å². The van der Waals surface area contributed by atoms with Gasteiger partial charge in [0.05, 0.1) is 0 Å². The van der Waals surface area contributed by atoms with Crippen molar-refractivity contribution in [3.05, 3.63) is 71.7 Å². The van der Waals surface area contributed by atoms with Crippen LogP contribution in [-0.2, 0) is 22.6 Å². The van der Waals surface area contributed by atoms with E-state index in [0.717, 1.165) is 17.5 Å². The van der Waals surface area contributed by atoms with Gasteiger partial charge in [-0.15, -0.1) is 0 Å². The van der Waals surface area contributed by atoms with Crippen LogP contribution in [0.1, 0.15) is 24.2 Å².